The summed E-state index contributed by atoms with van der Waals surface area (Å²) in [7, 11) is 0. The number of thiol groups is 1. The fraction of sp³-hybridized carbons (Fsp3) is 0.450. The van der Waals surface area contributed by atoms with E-state index in [0.717, 1.165) is 20.8 Å². The van der Waals surface area contributed by atoms with Gasteiger partial charge < -0.3 is 24.1 Å². The van der Waals surface area contributed by atoms with Crippen LogP contribution in [0, 0.1) is 0 Å². The molecule has 32 heavy (non-hydrogen) atoms. The van der Waals surface area contributed by atoms with Gasteiger partial charge in [-0.25, -0.2) is 4.90 Å². The van der Waals surface area contributed by atoms with Crippen molar-refractivity contribution in [2.24, 2.45) is 0 Å². The molecule has 0 aliphatic carbocycles. The molecule has 0 bridgehead atoms. The highest BCUT2D eigenvalue weighted by atomic mass is 32.1. The summed E-state index contributed by atoms with van der Waals surface area (Å²) >= 11 is 4.20. The lowest BCUT2D eigenvalue weighted by atomic mass is 9.97. The summed E-state index contributed by atoms with van der Waals surface area (Å²) in [5.74, 6) is -3.97. The maximum Gasteiger partial charge on any atom is 0.303 e. The largest absolute Gasteiger partial charge is 0.455 e. The molecule has 6 atom stereocenters. The molecule has 1 saturated heterocycles. The summed E-state index contributed by atoms with van der Waals surface area (Å²) in [6, 6.07) is 5.96. The Balaban J connectivity index is 1.99. The molecule has 1 aromatic rings. The Morgan fingerprint density at radius 2 is 1.34 bits per heavy atom. The number of rotatable bonds is 5. The quantitative estimate of drug-likeness (QED) is 0.264. The van der Waals surface area contributed by atoms with E-state index in [0.29, 0.717) is 4.90 Å². The fourth-order valence-electron chi connectivity index (χ4n) is 3.66. The minimum atomic E-state index is -1.95. The van der Waals surface area contributed by atoms with E-state index in [1.807, 2.05) is 0 Å². The third kappa shape index (κ3) is 4.47. The zero-order valence-electron chi connectivity index (χ0n) is 17.3. The Morgan fingerprint density at radius 3 is 1.81 bits per heavy atom. The van der Waals surface area contributed by atoms with Gasteiger partial charge in [-0.05, 0) is 12.1 Å². The number of benzene rings is 1. The molecule has 1 unspecified atom stereocenters. The van der Waals surface area contributed by atoms with Gasteiger partial charge in [0.25, 0.3) is 11.8 Å². The smallest absolute Gasteiger partial charge is 0.303 e. The van der Waals surface area contributed by atoms with Crippen molar-refractivity contribution < 1.29 is 48.0 Å². The first kappa shape index (κ1) is 23.7. The second kappa shape index (κ2) is 9.27. The van der Waals surface area contributed by atoms with Gasteiger partial charge in [0.1, 0.15) is 11.5 Å². The standard InChI is InChI=1S/C20H21NO10S/c1-8(22)28-13-14(29-9(2)23)16(30-10(3)24)20(32)31-15(13)19(27)21-17(25)11-6-4-5-7-12(11)18(21)26/h4-7,13-16,19-20,27,32H,1-3H3/t13-,14+,15+,16-,19?,20+/m1/s1. The van der Waals surface area contributed by atoms with Crippen LogP contribution < -0.4 is 0 Å². The Labute approximate surface area is 187 Å². The van der Waals surface area contributed by atoms with Crippen molar-refractivity contribution in [2.45, 2.75) is 56.9 Å². The summed E-state index contributed by atoms with van der Waals surface area (Å²) in [5.41, 5.74) is -1.11. The number of hydrogen-bond acceptors (Lipinski definition) is 11. The number of aliphatic hydroxyl groups excluding tert-OH is 1. The molecule has 11 nitrogen and oxygen atoms in total. The number of carbonyl (C=O) groups excluding carboxylic acids is 5. The molecule has 1 N–H and O–H groups in total. The minimum Gasteiger partial charge on any atom is -0.455 e. The van der Waals surface area contributed by atoms with Gasteiger partial charge in [-0.1, -0.05) is 12.1 Å². The Kier molecular flexibility index (Phi) is 6.86. The number of ether oxygens (including phenoxy) is 4. The second-order valence-electron chi connectivity index (χ2n) is 7.15. The van der Waals surface area contributed by atoms with E-state index in [-0.39, 0.29) is 11.1 Å². The first-order valence-electron chi connectivity index (χ1n) is 9.53. The van der Waals surface area contributed by atoms with E-state index in [1.165, 1.54) is 12.1 Å². The summed E-state index contributed by atoms with van der Waals surface area (Å²) in [6.07, 6.45) is -7.80. The molecule has 0 saturated carbocycles. The molecule has 3 rings (SSSR count). The molecule has 2 heterocycles. The topological polar surface area (TPSA) is 146 Å². The Bertz CT molecular complexity index is 930. The highest BCUT2D eigenvalue weighted by Gasteiger charge is 2.56. The van der Waals surface area contributed by atoms with Gasteiger partial charge in [0.2, 0.25) is 0 Å². The van der Waals surface area contributed by atoms with Crippen molar-refractivity contribution in [3.63, 3.8) is 0 Å². The first-order chi connectivity index (χ1) is 15.0. The molecule has 172 valence electrons. The second-order valence-corrected chi connectivity index (χ2v) is 7.66. The lowest BCUT2D eigenvalue weighted by molar-refractivity contribution is -0.251. The molecule has 1 fully saturated rings. The average Bonchev–Trinajstić information content (AvgIpc) is 2.96. The monoisotopic (exact) mass is 467 g/mol. The number of imide groups is 1. The van der Waals surface area contributed by atoms with Crippen LogP contribution in [0.15, 0.2) is 24.3 Å². The van der Waals surface area contributed by atoms with E-state index in [9.17, 15) is 29.1 Å². The number of aliphatic hydroxyl groups is 1. The number of fused-ring (bicyclic) bond motifs is 1. The molecule has 12 heteroatoms. The van der Waals surface area contributed by atoms with Crippen LogP contribution >= 0.6 is 12.6 Å². The number of amides is 2. The zero-order valence-corrected chi connectivity index (χ0v) is 18.2. The predicted molar refractivity (Wildman–Crippen MR) is 107 cm³/mol. The maximum absolute atomic E-state index is 12.8. The van der Waals surface area contributed by atoms with E-state index >= 15 is 0 Å². The van der Waals surface area contributed by atoms with E-state index in [1.54, 1.807) is 12.1 Å². The van der Waals surface area contributed by atoms with Gasteiger partial charge >= 0.3 is 17.9 Å². The number of hydrogen-bond donors (Lipinski definition) is 2. The van der Waals surface area contributed by atoms with E-state index in [4.69, 9.17) is 18.9 Å². The van der Waals surface area contributed by atoms with E-state index in [2.05, 4.69) is 12.6 Å². The molecule has 2 amide bonds. The van der Waals surface area contributed by atoms with Crippen molar-refractivity contribution in [3.05, 3.63) is 35.4 Å². The van der Waals surface area contributed by atoms with Gasteiger partial charge in [0.05, 0.1) is 11.1 Å². The Morgan fingerprint density at radius 1 is 0.906 bits per heavy atom. The summed E-state index contributed by atoms with van der Waals surface area (Å²) in [5, 5.41) is 11.0. The fourth-order valence-corrected chi connectivity index (χ4v) is 4.03. The number of esters is 3. The molecule has 0 spiro atoms. The lowest BCUT2D eigenvalue weighted by Crippen LogP contribution is -2.65. The van der Waals surface area contributed by atoms with Crippen LogP contribution in [-0.4, -0.2) is 75.8 Å². The molecule has 2 aliphatic rings. The van der Waals surface area contributed by atoms with Gasteiger partial charge in [-0.15, -0.1) is 12.6 Å². The normalized spacial score (nSPS) is 28.0. The zero-order chi connectivity index (χ0) is 23.7. The minimum absolute atomic E-state index is 0.0770. The highest BCUT2D eigenvalue weighted by Crippen LogP contribution is 2.34. The third-order valence-electron chi connectivity index (χ3n) is 4.84. The SMILES string of the molecule is CC(=O)O[C@@H]1[C@@H](OC(C)=O)[C@H](S)O[C@H](C(O)N2C(=O)c3ccccc3C2=O)[C@@H]1OC(C)=O. The van der Waals surface area contributed by atoms with Crippen LogP contribution in [-0.2, 0) is 33.3 Å². The number of carbonyl (C=O) groups is 5. The van der Waals surface area contributed by atoms with Crippen LogP contribution in [0.4, 0.5) is 0 Å². The number of nitrogens with zero attached hydrogens (tertiary/aromatic N) is 1. The summed E-state index contributed by atoms with van der Waals surface area (Å²) in [4.78, 5) is 61.2. The first-order valence-corrected chi connectivity index (χ1v) is 10.0. The maximum atomic E-state index is 12.8. The van der Waals surface area contributed by atoms with Crippen LogP contribution in [0.2, 0.25) is 0 Å². The van der Waals surface area contributed by atoms with Gasteiger partial charge in [0.15, 0.2) is 24.5 Å². The van der Waals surface area contributed by atoms with E-state index < -0.39 is 65.8 Å². The van der Waals surface area contributed by atoms with Crippen molar-refractivity contribution in [1.29, 1.82) is 0 Å². The van der Waals surface area contributed by atoms with Gasteiger partial charge in [0, 0.05) is 20.8 Å². The molecular weight excluding hydrogens is 446 g/mol. The molecule has 1 aromatic carbocycles. The predicted octanol–water partition coefficient (Wildman–Crippen LogP) is 0.0508. The molecular formula is C20H21NO10S. The summed E-state index contributed by atoms with van der Waals surface area (Å²) in [6.45, 7) is 3.24. The third-order valence-corrected chi connectivity index (χ3v) is 5.25. The van der Waals surface area contributed by atoms with Crippen molar-refractivity contribution in [3.8, 4) is 0 Å². The van der Waals surface area contributed by atoms with Crippen LogP contribution in [0.5, 0.6) is 0 Å². The molecule has 2 aliphatic heterocycles. The van der Waals surface area contributed by atoms with Crippen molar-refractivity contribution in [2.75, 3.05) is 0 Å². The highest BCUT2D eigenvalue weighted by molar-refractivity contribution is 7.80. The lowest BCUT2D eigenvalue weighted by Gasteiger charge is -2.45. The Hall–Kier alpha value is -2.96. The molecule has 0 radical (unpaired) electrons. The summed E-state index contributed by atoms with van der Waals surface area (Å²) < 4.78 is 21.2. The van der Waals surface area contributed by atoms with Crippen LogP contribution in [0.3, 0.4) is 0 Å². The van der Waals surface area contributed by atoms with Crippen molar-refractivity contribution in [1.82, 2.24) is 4.90 Å². The molecule has 0 aromatic heterocycles. The van der Waals surface area contributed by atoms with Gasteiger partial charge in [-0.3, -0.25) is 24.0 Å². The van der Waals surface area contributed by atoms with Crippen LogP contribution in [0.1, 0.15) is 41.5 Å². The van der Waals surface area contributed by atoms with Crippen molar-refractivity contribution >= 4 is 42.4 Å². The van der Waals surface area contributed by atoms with Gasteiger partial charge in [-0.2, -0.15) is 0 Å². The average molecular weight is 467 g/mol. The van der Waals surface area contributed by atoms with Crippen LogP contribution in [0.25, 0.3) is 0 Å².